The van der Waals surface area contributed by atoms with Crippen LogP contribution in [0.3, 0.4) is 0 Å². The van der Waals surface area contributed by atoms with E-state index in [9.17, 15) is 0 Å². The van der Waals surface area contributed by atoms with Crippen molar-refractivity contribution >= 4 is 17.8 Å². The molecule has 0 bridgehead atoms. The minimum absolute atomic E-state index is 0.225. The zero-order chi connectivity index (χ0) is 12.3. The van der Waals surface area contributed by atoms with Gasteiger partial charge in [-0.3, -0.25) is 0 Å². The van der Waals surface area contributed by atoms with Crippen molar-refractivity contribution in [2.24, 2.45) is 0 Å². The van der Waals surface area contributed by atoms with Gasteiger partial charge in [-0.1, -0.05) is 0 Å². The number of aromatic nitrogens is 3. The molecular weight excluding hydrogens is 220 g/mol. The van der Waals surface area contributed by atoms with Gasteiger partial charge in [0.15, 0.2) is 0 Å². The van der Waals surface area contributed by atoms with Gasteiger partial charge in [-0.05, 0) is 12.8 Å². The van der Waals surface area contributed by atoms with E-state index in [-0.39, 0.29) is 12.0 Å². The smallest absolute Gasteiger partial charge is 0.231 e. The Morgan fingerprint density at radius 1 is 1.35 bits per heavy atom. The van der Waals surface area contributed by atoms with Gasteiger partial charge in [0.05, 0.1) is 12.6 Å². The van der Waals surface area contributed by atoms with Crippen LogP contribution in [-0.2, 0) is 4.74 Å². The summed E-state index contributed by atoms with van der Waals surface area (Å²) in [7, 11) is 3.73. The summed E-state index contributed by atoms with van der Waals surface area (Å²) in [5.74, 6) is 1.29. The molecule has 1 fully saturated rings. The molecule has 0 aliphatic carbocycles. The largest absolute Gasteiger partial charge is 0.379 e. The van der Waals surface area contributed by atoms with E-state index in [2.05, 4.69) is 20.3 Å². The van der Waals surface area contributed by atoms with Crippen molar-refractivity contribution in [1.82, 2.24) is 15.0 Å². The second kappa shape index (κ2) is 5.13. The summed E-state index contributed by atoms with van der Waals surface area (Å²) < 4.78 is 5.39. The topological polar surface area (TPSA) is 89.2 Å². The van der Waals surface area contributed by atoms with E-state index in [1.165, 1.54) is 0 Å². The molecule has 94 valence electrons. The first-order valence-corrected chi connectivity index (χ1v) is 5.68. The summed E-state index contributed by atoms with van der Waals surface area (Å²) in [6.07, 6.45) is 2.11. The fourth-order valence-corrected chi connectivity index (χ4v) is 1.68. The molecule has 0 spiro atoms. The van der Waals surface area contributed by atoms with Crippen molar-refractivity contribution in [2.45, 2.75) is 18.9 Å². The summed E-state index contributed by atoms with van der Waals surface area (Å²) >= 11 is 0. The Morgan fingerprint density at radius 2 is 2.18 bits per heavy atom. The highest BCUT2D eigenvalue weighted by Gasteiger charge is 2.15. The minimum atomic E-state index is 0.225. The average molecular weight is 238 g/mol. The van der Waals surface area contributed by atoms with Gasteiger partial charge in [-0.25, -0.2) is 0 Å². The average Bonchev–Trinajstić information content (AvgIpc) is 2.29. The highest BCUT2D eigenvalue weighted by molar-refractivity contribution is 5.41. The number of ether oxygens (including phenoxy) is 1. The zero-order valence-electron chi connectivity index (χ0n) is 10.2. The van der Waals surface area contributed by atoms with Crippen LogP contribution in [0.25, 0.3) is 0 Å². The second-order valence-electron chi connectivity index (χ2n) is 4.27. The summed E-state index contributed by atoms with van der Waals surface area (Å²) in [6, 6.07) is 0.251. The number of rotatable bonds is 3. The second-order valence-corrected chi connectivity index (χ2v) is 4.27. The Kier molecular flexibility index (Phi) is 3.58. The van der Waals surface area contributed by atoms with E-state index in [4.69, 9.17) is 10.5 Å². The fraction of sp³-hybridized carbons (Fsp3) is 0.700. The van der Waals surface area contributed by atoms with Crippen molar-refractivity contribution in [2.75, 3.05) is 43.3 Å². The van der Waals surface area contributed by atoms with Crippen molar-refractivity contribution < 1.29 is 4.74 Å². The van der Waals surface area contributed by atoms with Gasteiger partial charge in [0.2, 0.25) is 17.8 Å². The Hall–Kier alpha value is -1.63. The lowest BCUT2D eigenvalue weighted by Crippen LogP contribution is -2.31. The van der Waals surface area contributed by atoms with Gasteiger partial charge in [0.25, 0.3) is 0 Å². The molecule has 17 heavy (non-hydrogen) atoms. The number of nitrogen functional groups attached to an aromatic ring is 1. The van der Waals surface area contributed by atoms with Gasteiger partial charge >= 0.3 is 0 Å². The summed E-state index contributed by atoms with van der Waals surface area (Å²) in [5, 5.41) is 3.22. The third-order valence-corrected chi connectivity index (χ3v) is 2.53. The zero-order valence-corrected chi connectivity index (χ0v) is 10.2. The maximum Gasteiger partial charge on any atom is 0.231 e. The number of nitrogens with two attached hydrogens (primary N) is 1. The van der Waals surface area contributed by atoms with Crippen LogP contribution in [0.4, 0.5) is 17.8 Å². The monoisotopic (exact) mass is 238 g/mol. The molecule has 0 aromatic carbocycles. The van der Waals surface area contributed by atoms with E-state index in [1.807, 2.05) is 14.1 Å². The Balaban J connectivity index is 2.09. The van der Waals surface area contributed by atoms with Crippen LogP contribution in [0.5, 0.6) is 0 Å². The van der Waals surface area contributed by atoms with E-state index in [0.29, 0.717) is 18.5 Å². The highest BCUT2D eigenvalue weighted by atomic mass is 16.5. The van der Waals surface area contributed by atoms with Gasteiger partial charge < -0.3 is 20.7 Å². The van der Waals surface area contributed by atoms with E-state index in [0.717, 1.165) is 19.4 Å². The highest BCUT2D eigenvalue weighted by Crippen LogP contribution is 2.14. The lowest BCUT2D eigenvalue weighted by atomic mass is 10.1. The SMILES string of the molecule is CN(C)c1nc(N)nc(NC2CCCOC2)n1. The van der Waals surface area contributed by atoms with Crippen LogP contribution in [-0.4, -0.2) is 48.3 Å². The number of anilines is 3. The van der Waals surface area contributed by atoms with Gasteiger partial charge in [0.1, 0.15) is 0 Å². The first-order chi connectivity index (χ1) is 8.15. The summed E-state index contributed by atoms with van der Waals surface area (Å²) in [4.78, 5) is 14.2. The van der Waals surface area contributed by atoms with E-state index >= 15 is 0 Å². The lowest BCUT2D eigenvalue weighted by Gasteiger charge is -2.23. The molecule has 3 N–H and O–H groups in total. The predicted octanol–water partition coefficient (Wildman–Crippen LogP) is 0.111. The molecule has 1 aliphatic heterocycles. The van der Waals surface area contributed by atoms with Crippen LogP contribution in [0, 0.1) is 0 Å². The number of nitrogens with zero attached hydrogens (tertiary/aromatic N) is 4. The molecule has 7 heteroatoms. The van der Waals surface area contributed by atoms with Crippen molar-refractivity contribution in [3.05, 3.63) is 0 Å². The number of hydrogen-bond acceptors (Lipinski definition) is 7. The van der Waals surface area contributed by atoms with Crippen LogP contribution in [0.15, 0.2) is 0 Å². The summed E-state index contributed by atoms with van der Waals surface area (Å²) in [5.41, 5.74) is 5.64. The molecule has 1 aromatic heterocycles. The third-order valence-electron chi connectivity index (χ3n) is 2.53. The van der Waals surface area contributed by atoms with Crippen LogP contribution in [0.1, 0.15) is 12.8 Å². The molecule has 1 aliphatic rings. The lowest BCUT2D eigenvalue weighted by molar-refractivity contribution is 0.0874. The van der Waals surface area contributed by atoms with Crippen LogP contribution >= 0.6 is 0 Å². The molecule has 0 amide bonds. The molecule has 2 heterocycles. The molecule has 1 atom stereocenters. The molecule has 1 saturated heterocycles. The Labute approximate surface area is 100 Å². The molecule has 1 unspecified atom stereocenters. The predicted molar refractivity (Wildman–Crippen MR) is 66.0 cm³/mol. The van der Waals surface area contributed by atoms with Crippen molar-refractivity contribution in [3.8, 4) is 0 Å². The Bertz CT molecular complexity index is 377. The maximum absolute atomic E-state index is 5.64. The molecule has 1 aromatic rings. The fourth-order valence-electron chi connectivity index (χ4n) is 1.68. The quantitative estimate of drug-likeness (QED) is 0.772. The van der Waals surface area contributed by atoms with Crippen LogP contribution < -0.4 is 16.0 Å². The minimum Gasteiger partial charge on any atom is -0.379 e. The molecule has 0 radical (unpaired) electrons. The third kappa shape index (κ3) is 3.16. The molecule has 7 nitrogen and oxygen atoms in total. The van der Waals surface area contributed by atoms with Gasteiger partial charge in [-0.15, -0.1) is 0 Å². The van der Waals surface area contributed by atoms with Crippen molar-refractivity contribution in [1.29, 1.82) is 0 Å². The van der Waals surface area contributed by atoms with E-state index in [1.54, 1.807) is 4.90 Å². The molecular formula is C10H18N6O. The maximum atomic E-state index is 5.64. The van der Waals surface area contributed by atoms with Crippen molar-refractivity contribution in [3.63, 3.8) is 0 Å². The Morgan fingerprint density at radius 3 is 2.82 bits per heavy atom. The van der Waals surface area contributed by atoms with Gasteiger partial charge in [-0.2, -0.15) is 15.0 Å². The first-order valence-electron chi connectivity index (χ1n) is 5.68. The first kappa shape index (κ1) is 11.8. The summed E-state index contributed by atoms with van der Waals surface area (Å²) in [6.45, 7) is 1.52. The normalized spacial score (nSPS) is 20.0. The number of nitrogens with one attached hydrogen (secondary N) is 1. The molecule has 0 saturated carbocycles. The molecule has 2 rings (SSSR count). The van der Waals surface area contributed by atoms with Gasteiger partial charge in [0, 0.05) is 20.7 Å². The standard InChI is InChI=1S/C10H18N6O/c1-16(2)10-14-8(11)13-9(15-10)12-7-4-3-5-17-6-7/h7H,3-6H2,1-2H3,(H3,11,12,13,14,15). The van der Waals surface area contributed by atoms with Crippen LogP contribution in [0.2, 0.25) is 0 Å². The van der Waals surface area contributed by atoms with E-state index < -0.39 is 0 Å². The number of hydrogen-bond donors (Lipinski definition) is 2.